The lowest BCUT2D eigenvalue weighted by molar-refractivity contribution is -0.129. The first-order valence-corrected chi connectivity index (χ1v) is 9.25. The molecule has 0 bridgehead atoms. The van der Waals surface area contributed by atoms with Crippen LogP contribution in [0.5, 0.6) is 0 Å². The minimum Gasteiger partial charge on any atom is -0.349 e. The summed E-state index contributed by atoms with van der Waals surface area (Å²) >= 11 is 1.68. The van der Waals surface area contributed by atoms with Crippen LogP contribution in [0.1, 0.15) is 29.8 Å². The Morgan fingerprint density at radius 2 is 1.92 bits per heavy atom. The van der Waals surface area contributed by atoms with Crippen molar-refractivity contribution >= 4 is 22.4 Å². The molecule has 1 amide bonds. The van der Waals surface area contributed by atoms with Crippen molar-refractivity contribution in [2.75, 3.05) is 32.1 Å². The number of carbonyl (C=O) groups excluding carboxylic acids is 1. The number of aromatic nitrogens is 2. The highest BCUT2D eigenvalue weighted by atomic mass is 32.1. The topological polar surface area (TPSA) is 49.3 Å². The van der Waals surface area contributed by atoms with Gasteiger partial charge in [0.2, 0.25) is 11.0 Å². The number of anilines is 1. The fourth-order valence-electron chi connectivity index (χ4n) is 2.97. The standard InChI is InChI=1S/C18H24N4OS/c1-21(2)17(23)13-15-8-10-22(11-9-15)18-20-19-16(24-18)12-14-6-4-3-5-7-14/h3-7,15H,8-13H2,1-2H3. The van der Waals surface area contributed by atoms with Gasteiger partial charge in [0.05, 0.1) is 0 Å². The van der Waals surface area contributed by atoms with Crippen molar-refractivity contribution in [1.29, 1.82) is 0 Å². The molecule has 6 heteroatoms. The molecule has 1 aliphatic rings. The lowest BCUT2D eigenvalue weighted by Crippen LogP contribution is -2.35. The maximum atomic E-state index is 11.8. The van der Waals surface area contributed by atoms with Crippen molar-refractivity contribution in [3.8, 4) is 0 Å². The van der Waals surface area contributed by atoms with Gasteiger partial charge in [0, 0.05) is 40.0 Å². The Morgan fingerprint density at radius 3 is 2.58 bits per heavy atom. The van der Waals surface area contributed by atoms with Gasteiger partial charge in [-0.1, -0.05) is 41.7 Å². The minimum atomic E-state index is 0.231. The first-order valence-electron chi connectivity index (χ1n) is 8.43. The van der Waals surface area contributed by atoms with E-state index in [1.54, 1.807) is 16.2 Å². The van der Waals surface area contributed by atoms with Gasteiger partial charge < -0.3 is 9.80 Å². The first-order chi connectivity index (χ1) is 11.6. The van der Waals surface area contributed by atoms with Crippen LogP contribution < -0.4 is 4.90 Å². The number of carbonyl (C=O) groups is 1. The van der Waals surface area contributed by atoms with E-state index in [9.17, 15) is 4.79 Å². The highest BCUT2D eigenvalue weighted by molar-refractivity contribution is 7.15. The quantitative estimate of drug-likeness (QED) is 0.837. The lowest BCUT2D eigenvalue weighted by Gasteiger charge is -2.31. The Hall–Kier alpha value is -1.95. The second kappa shape index (κ2) is 7.75. The Kier molecular flexibility index (Phi) is 5.45. The van der Waals surface area contributed by atoms with Gasteiger partial charge >= 0.3 is 0 Å². The zero-order valence-electron chi connectivity index (χ0n) is 14.3. The molecule has 0 atom stereocenters. The number of hydrogen-bond donors (Lipinski definition) is 0. The molecule has 1 fully saturated rings. The zero-order chi connectivity index (χ0) is 16.9. The third-order valence-electron chi connectivity index (χ3n) is 4.50. The average molecular weight is 344 g/mol. The highest BCUT2D eigenvalue weighted by Gasteiger charge is 2.24. The van der Waals surface area contributed by atoms with E-state index in [2.05, 4.69) is 39.4 Å². The fraction of sp³-hybridized carbons (Fsp3) is 0.500. The van der Waals surface area contributed by atoms with Gasteiger partial charge in [-0.15, -0.1) is 10.2 Å². The zero-order valence-corrected chi connectivity index (χ0v) is 15.1. The van der Waals surface area contributed by atoms with Gasteiger partial charge in [0.25, 0.3) is 0 Å². The van der Waals surface area contributed by atoms with Crippen LogP contribution in [0, 0.1) is 5.92 Å². The maximum absolute atomic E-state index is 11.8. The van der Waals surface area contributed by atoms with Gasteiger partial charge in [-0.2, -0.15) is 0 Å². The van der Waals surface area contributed by atoms with E-state index in [1.165, 1.54) is 5.56 Å². The van der Waals surface area contributed by atoms with Crippen LogP contribution in [-0.2, 0) is 11.2 Å². The minimum absolute atomic E-state index is 0.231. The number of amides is 1. The summed E-state index contributed by atoms with van der Waals surface area (Å²) in [6.45, 7) is 1.93. The van der Waals surface area contributed by atoms with Crippen LogP contribution in [-0.4, -0.2) is 48.2 Å². The number of hydrogen-bond acceptors (Lipinski definition) is 5. The predicted molar refractivity (Wildman–Crippen MR) is 97.4 cm³/mol. The van der Waals surface area contributed by atoms with Crippen LogP contribution >= 0.6 is 11.3 Å². The molecule has 5 nitrogen and oxygen atoms in total. The van der Waals surface area contributed by atoms with E-state index in [0.717, 1.165) is 42.5 Å². The molecule has 1 aromatic heterocycles. The van der Waals surface area contributed by atoms with Crippen molar-refractivity contribution in [1.82, 2.24) is 15.1 Å². The third kappa shape index (κ3) is 4.32. The normalized spacial score (nSPS) is 15.5. The maximum Gasteiger partial charge on any atom is 0.222 e. The molecule has 2 heterocycles. The first kappa shape index (κ1) is 16.9. The summed E-state index contributed by atoms with van der Waals surface area (Å²) in [6.07, 6.45) is 3.60. The summed E-state index contributed by atoms with van der Waals surface area (Å²) < 4.78 is 0. The van der Waals surface area contributed by atoms with Crippen LogP contribution in [0.25, 0.3) is 0 Å². The summed E-state index contributed by atoms with van der Waals surface area (Å²) in [7, 11) is 3.65. The molecule has 0 spiro atoms. The van der Waals surface area contributed by atoms with E-state index >= 15 is 0 Å². The van der Waals surface area contributed by atoms with Gasteiger partial charge in [-0.3, -0.25) is 4.79 Å². The molecule has 3 rings (SSSR count). The van der Waals surface area contributed by atoms with E-state index < -0.39 is 0 Å². The number of benzene rings is 1. The molecule has 128 valence electrons. The summed E-state index contributed by atoms with van der Waals surface area (Å²) in [6, 6.07) is 10.4. The van der Waals surface area contributed by atoms with Gasteiger partial charge in [0.15, 0.2) is 0 Å². The molecule has 0 radical (unpaired) electrons. The molecule has 1 aliphatic heterocycles. The third-order valence-corrected chi connectivity index (χ3v) is 5.49. The SMILES string of the molecule is CN(C)C(=O)CC1CCN(c2nnc(Cc3ccccc3)s2)CC1. The van der Waals surface area contributed by atoms with Crippen molar-refractivity contribution in [2.45, 2.75) is 25.7 Å². The Morgan fingerprint density at radius 1 is 1.21 bits per heavy atom. The molecule has 1 saturated heterocycles. The second-order valence-corrected chi connectivity index (χ2v) is 7.60. The molecular weight excluding hydrogens is 320 g/mol. The smallest absolute Gasteiger partial charge is 0.222 e. The average Bonchev–Trinajstić information content (AvgIpc) is 3.05. The number of piperidine rings is 1. The molecule has 0 aliphatic carbocycles. The Labute approximate surface area is 147 Å². The van der Waals surface area contributed by atoms with Gasteiger partial charge in [-0.05, 0) is 24.3 Å². The highest BCUT2D eigenvalue weighted by Crippen LogP contribution is 2.28. The second-order valence-electron chi connectivity index (χ2n) is 6.56. The monoisotopic (exact) mass is 344 g/mol. The summed E-state index contributed by atoms with van der Waals surface area (Å²) in [5.74, 6) is 0.724. The summed E-state index contributed by atoms with van der Waals surface area (Å²) in [4.78, 5) is 15.8. The van der Waals surface area contributed by atoms with Crippen molar-refractivity contribution < 1.29 is 4.79 Å². The molecule has 0 N–H and O–H groups in total. The Balaban J connectivity index is 1.53. The summed E-state index contributed by atoms with van der Waals surface area (Å²) in [5, 5.41) is 10.8. The van der Waals surface area contributed by atoms with Gasteiger partial charge in [0.1, 0.15) is 5.01 Å². The molecule has 1 aromatic carbocycles. The molecule has 0 unspecified atom stereocenters. The van der Waals surface area contributed by atoms with Crippen molar-refractivity contribution in [2.24, 2.45) is 5.92 Å². The number of nitrogens with zero attached hydrogens (tertiary/aromatic N) is 4. The fourth-order valence-corrected chi connectivity index (χ4v) is 3.90. The number of rotatable bonds is 5. The van der Waals surface area contributed by atoms with Gasteiger partial charge in [-0.25, -0.2) is 0 Å². The van der Waals surface area contributed by atoms with Crippen LogP contribution in [0.4, 0.5) is 5.13 Å². The molecular formula is C18H24N4OS. The van der Waals surface area contributed by atoms with E-state index in [0.29, 0.717) is 12.3 Å². The predicted octanol–water partition coefficient (Wildman–Crippen LogP) is 2.82. The largest absolute Gasteiger partial charge is 0.349 e. The van der Waals surface area contributed by atoms with Crippen LogP contribution in [0.2, 0.25) is 0 Å². The van der Waals surface area contributed by atoms with E-state index in [4.69, 9.17) is 0 Å². The van der Waals surface area contributed by atoms with E-state index in [-0.39, 0.29) is 5.91 Å². The summed E-state index contributed by atoms with van der Waals surface area (Å²) in [5.41, 5.74) is 1.26. The van der Waals surface area contributed by atoms with Crippen LogP contribution in [0.3, 0.4) is 0 Å². The molecule has 24 heavy (non-hydrogen) atoms. The van der Waals surface area contributed by atoms with Crippen molar-refractivity contribution in [3.63, 3.8) is 0 Å². The van der Waals surface area contributed by atoms with Crippen LogP contribution in [0.15, 0.2) is 30.3 Å². The molecule has 0 saturated carbocycles. The lowest BCUT2D eigenvalue weighted by atomic mass is 9.93. The Bertz CT molecular complexity index is 663. The van der Waals surface area contributed by atoms with E-state index in [1.807, 2.05) is 20.2 Å². The van der Waals surface area contributed by atoms with Crippen molar-refractivity contribution in [3.05, 3.63) is 40.9 Å². The molecule has 2 aromatic rings.